The van der Waals surface area contributed by atoms with Gasteiger partial charge in [-0.25, -0.2) is 4.39 Å². The number of rotatable bonds is 5. The minimum absolute atomic E-state index is 0.179. The lowest BCUT2D eigenvalue weighted by molar-refractivity contribution is 0.0989. The monoisotopic (exact) mass is 491 g/mol. The van der Waals surface area contributed by atoms with Crippen molar-refractivity contribution in [3.63, 3.8) is 0 Å². The number of aromatic amines is 1. The molecule has 160 valence electrons. The molecular formula is C25H19BrFN3O2. The Morgan fingerprint density at radius 1 is 1.03 bits per heavy atom. The van der Waals surface area contributed by atoms with Crippen molar-refractivity contribution in [3.05, 3.63) is 99.9 Å². The highest BCUT2D eigenvalue weighted by Gasteiger charge is 2.43. The van der Waals surface area contributed by atoms with Gasteiger partial charge in [0, 0.05) is 21.3 Å². The fourth-order valence-corrected chi connectivity index (χ4v) is 4.34. The van der Waals surface area contributed by atoms with Gasteiger partial charge in [0.15, 0.2) is 0 Å². The van der Waals surface area contributed by atoms with Crippen LogP contribution in [-0.4, -0.2) is 22.7 Å². The van der Waals surface area contributed by atoms with Gasteiger partial charge in [0.25, 0.3) is 5.91 Å². The number of nitrogens with one attached hydrogen (secondary N) is 1. The van der Waals surface area contributed by atoms with Crippen LogP contribution in [0.4, 0.5) is 10.1 Å². The molecule has 0 saturated carbocycles. The Labute approximate surface area is 193 Å². The number of H-pyrrole nitrogens is 1. The summed E-state index contributed by atoms with van der Waals surface area (Å²) in [5.74, 6) is 0.264. The second kappa shape index (κ2) is 8.24. The lowest BCUT2D eigenvalue weighted by atomic mass is 9.96. The molecule has 2 heterocycles. The van der Waals surface area contributed by atoms with E-state index in [2.05, 4.69) is 26.1 Å². The zero-order chi connectivity index (χ0) is 22.2. The molecule has 0 fully saturated rings. The number of hydrogen-bond acceptors (Lipinski definition) is 3. The molecule has 1 N–H and O–H groups in total. The second-order valence-corrected chi connectivity index (χ2v) is 8.34. The third-order valence-electron chi connectivity index (χ3n) is 5.50. The molecule has 5 nitrogen and oxygen atoms in total. The van der Waals surface area contributed by atoms with E-state index in [4.69, 9.17) is 4.74 Å². The number of hydrogen-bond donors (Lipinski definition) is 1. The molecule has 0 radical (unpaired) electrons. The lowest BCUT2D eigenvalue weighted by Gasteiger charge is -2.26. The van der Waals surface area contributed by atoms with Crippen molar-refractivity contribution < 1.29 is 13.9 Å². The molecule has 0 spiro atoms. The highest BCUT2D eigenvalue weighted by Crippen LogP contribution is 2.45. The maximum Gasteiger partial charge on any atom is 0.277 e. The highest BCUT2D eigenvalue weighted by molar-refractivity contribution is 9.10. The van der Waals surface area contributed by atoms with Crippen molar-refractivity contribution >= 4 is 27.5 Å². The number of amides is 1. The first-order valence-electron chi connectivity index (χ1n) is 10.2. The Kier molecular flexibility index (Phi) is 5.27. The summed E-state index contributed by atoms with van der Waals surface area (Å²) in [6.07, 6.45) is 0. The zero-order valence-electron chi connectivity index (χ0n) is 17.2. The minimum atomic E-state index is -0.445. The quantitative estimate of drug-likeness (QED) is 0.365. The van der Waals surface area contributed by atoms with Crippen LogP contribution in [-0.2, 0) is 0 Å². The maximum atomic E-state index is 13.7. The van der Waals surface area contributed by atoms with Gasteiger partial charge >= 0.3 is 0 Å². The molecule has 1 aliphatic heterocycles. The first-order valence-corrected chi connectivity index (χ1v) is 11.0. The van der Waals surface area contributed by atoms with Crippen molar-refractivity contribution in [2.75, 3.05) is 11.5 Å². The largest absolute Gasteiger partial charge is 0.494 e. The zero-order valence-corrected chi connectivity index (χ0v) is 18.8. The van der Waals surface area contributed by atoms with Gasteiger partial charge in [-0.2, -0.15) is 5.10 Å². The molecule has 1 amide bonds. The van der Waals surface area contributed by atoms with E-state index in [-0.39, 0.29) is 11.7 Å². The molecule has 4 aromatic rings. The van der Waals surface area contributed by atoms with E-state index in [1.807, 2.05) is 55.5 Å². The molecular weight excluding hydrogens is 473 g/mol. The molecule has 32 heavy (non-hydrogen) atoms. The Balaban J connectivity index is 1.66. The van der Waals surface area contributed by atoms with E-state index in [0.29, 0.717) is 18.0 Å². The standard InChI is InChI=1S/C25H19BrFN3O2/c1-2-32-20-13-5-15(6-14-20)22-21-23(29-28-22)25(31)30(19-11-7-17(26)8-12-19)24(21)16-3-9-18(27)10-4-16/h3-14,24H,2H2,1H3,(H,28,29)/t24-/m1/s1. The number of carbonyl (C=O) groups excluding carboxylic acids is 1. The Morgan fingerprint density at radius 2 is 1.72 bits per heavy atom. The number of carbonyl (C=O) groups is 1. The van der Waals surface area contributed by atoms with E-state index in [1.54, 1.807) is 17.0 Å². The Hall–Kier alpha value is -3.45. The molecule has 0 aliphatic carbocycles. The number of benzene rings is 3. The summed E-state index contributed by atoms with van der Waals surface area (Å²) in [4.78, 5) is 15.2. The molecule has 0 saturated heterocycles. The summed E-state index contributed by atoms with van der Waals surface area (Å²) in [5, 5.41) is 7.42. The summed E-state index contributed by atoms with van der Waals surface area (Å²) in [7, 11) is 0. The average molecular weight is 492 g/mol. The average Bonchev–Trinajstić information content (AvgIpc) is 3.35. The molecule has 7 heteroatoms. The van der Waals surface area contributed by atoms with Gasteiger partial charge in [-0.05, 0) is 73.2 Å². The van der Waals surface area contributed by atoms with Crippen LogP contribution >= 0.6 is 15.9 Å². The molecule has 0 unspecified atom stereocenters. The SMILES string of the molecule is CCOc1ccc(-c2n[nH]c3c2[C@@H](c2ccc(F)cc2)N(c2ccc(Br)cc2)C3=O)cc1. The fourth-order valence-electron chi connectivity index (χ4n) is 4.07. The van der Waals surface area contributed by atoms with Crippen LogP contribution in [0.25, 0.3) is 11.3 Å². The molecule has 3 aromatic carbocycles. The number of nitrogens with zero attached hydrogens (tertiary/aromatic N) is 2. The number of halogens is 2. The third kappa shape index (κ3) is 3.48. The Morgan fingerprint density at radius 3 is 2.38 bits per heavy atom. The van der Waals surface area contributed by atoms with E-state index >= 15 is 0 Å². The van der Waals surface area contributed by atoms with Gasteiger partial charge < -0.3 is 4.74 Å². The molecule has 0 bridgehead atoms. The van der Waals surface area contributed by atoms with Gasteiger partial charge in [-0.1, -0.05) is 28.1 Å². The van der Waals surface area contributed by atoms with E-state index in [9.17, 15) is 9.18 Å². The Bertz CT molecular complexity index is 1270. The maximum absolute atomic E-state index is 13.7. The number of fused-ring (bicyclic) bond motifs is 1. The topological polar surface area (TPSA) is 58.2 Å². The van der Waals surface area contributed by atoms with Gasteiger partial charge in [-0.15, -0.1) is 0 Å². The summed E-state index contributed by atoms with van der Waals surface area (Å²) in [5.41, 5.74) is 4.30. The predicted molar refractivity (Wildman–Crippen MR) is 124 cm³/mol. The molecule has 1 aromatic heterocycles. The van der Waals surface area contributed by atoms with Crippen molar-refractivity contribution in [1.82, 2.24) is 10.2 Å². The normalized spacial score (nSPS) is 15.2. The predicted octanol–water partition coefficient (Wildman–Crippen LogP) is 6.13. The smallest absolute Gasteiger partial charge is 0.277 e. The van der Waals surface area contributed by atoms with Gasteiger partial charge in [0.1, 0.15) is 17.3 Å². The van der Waals surface area contributed by atoms with Crippen LogP contribution in [0.15, 0.2) is 77.3 Å². The van der Waals surface area contributed by atoms with E-state index in [1.165, 1.54) is 12.1 Å². The molecule has 1 aliphatic rings. The number of anilines is 1. The van der Waals surface area contributed by atoms with Crippen molar-refractivity contribution in [2.24, 2.45) is 0 Å². The van der Waals surface area contributed by atoms with Gasteiger partial charge in [-0.3, -0.25) is 14.8 Å². The summed E-state index contributed by atoms with van der Waals surface area (Å²) < 4.78 is 20.1. The lowest BCUT2D eigenvalue weighted by Crippen LogP contribution is -2.29. The second-order valence-electron chi connectivity index (χ2n) is 7.42. The van der Waals surface area contributed by atoms with Gasteiger partial charge in [0.2, 0.25) is 0 Å². The van der Waals surface area contributed by atoms with Crippen molar-refractivity contribution in [1.29, 1.82) is 0 Å². The fraction of sp³-hybridized carbons (Fsp3) is 0.120. The van der Waals surface area contributed by atoms with Crippen LogP contribution < -0.4 is 9.64 Å². The van der Waals surface area contributed by atoms with Crippen molar-refractivity contribution in [2.45, 2.75) is 13.0 Å². The minimum Gasteiger partial charge on any atom is -0.494 e. The van der Waals surface area contributed by atoms with E-state index < -0.39 is 6.04 Å². The highest BCUT2D eigenvalue weighted by atomic mass is 79.9. The number of ether oxygens (including phenoxy) is 1. The summed E-state index contributed by atoms with van der Waals surface area (Å²) in [6.45, 7) is 2.52. The summed E-state index contributed by atoms with van der Waals surface area (Å²) in [6, 6.07) is 21.0. The van der Waals surface area contributed by atoms with Crippen LogP contribution in [0.5, 0.6) is 5.75 Å². The summed E-state index contributed by atoms with van der Waals surface area (Å²) >= 11 is 3.45. The third-order valence-corrected chi connectivity index (χ3v) is 6.03. The van der Waals surface area contributed by atoms with E-state index in [0.717, 1.165) is 32.6 Å². The molecule has 1 atom stereocenters. The van der Waals surface area contributed by atoms with Crippen LogP contribution in [0.1, 0.15) is 34.6 Å². The first-order chi connectivity index (χ1) is 15.6. The van der Waals surface area contributed by atoms with Crippen molar-refractivity contribution in [3.8, 4) is 17.0 Å². The van der Waals surface area contributed by atoms with Crippen LogP contribution in [0, 0.1) is 5.82 Å². The van der Waals surface area contributed by atoms with Gasteiger partial charge in [0.05, 0.1) is 18.3 Å². The van der Waals surface area contributed by atoms with Crippen LogP contribution in [0.2, 0.25) is 0 Å². The number of aromatic nitrogens is 2. The molecule has 5 rings (SSSR count). The van der Waals surface area contributed by atoms with Crippen LogP contribution in [0.3, 0.4) is 0 Å². The first kappa shape index (κ1) is 20.5.